The molecule has 108 valence electrons. The van der Waals surface area contributed by atoms with Gasteiger partial charge in [-0.2, -0.15) is 0 Å². The van der Waals surface area contributed by atoms with Crippen LogP contribution in [0, 0.1) is 5.41 Å². The molecule has 2 aromatic rings. The molecule has 4 rings (SSSR count). The van der Waals surface area contributed by atoms with Crippen LogP contribution in [0.25, 0.3) is 0 Å². The highest BCUT2D eigenvalue weighted by Crippen LogP contribution is 2.40. The first-order valence-electron chi connectivity index (χ1n) is 6.86. The van der Waals surface area contributed by atoms with E-state index >= 15 is 0 Å². The smallest absolute Gasteiger partial charge is 0.346 e. The Labute approximate surface area is 126 Å². The average molecular weight is 292 g/mol. The van der Waals surface area contributed by atoms with Crippen LogP contribution in [-0.4, -0.2) is 11.9 Å². The van der Waals surface area contributed by atoms with Gasteiger partial charge in [0, 0.05) is 5.56 Å². The van der Waals surface area contributed by atoms with Crippen molar-refractivity contribution < 1.29 is 14.3 Å². The quantitative estimate of drug-likeness (QED) is 0.820. The van der Waals surface area contributed by atoms with Crippen molar-refractivity contribution in [1.82, 2.24) is 0 Å². The Bertz CT molecular complexity index is 799. The van der Waals surface area contributed by atoms with Gasteiger partial charge in [-0.15, -0.1) is 0 Å². The van der Waals surface area contributed by atoms with Crippen LogP contribution in [-0.2, 0) is 9.47 Å². The molecule has 0 aromatic heterocycles. The van der Waals surface area contributed by atoms with Crippen LogP contribution in [0.3, 0.4) is 0 Å². The van der Waals surface area contributed by atoms with Crippen molar-refractivity contribution in [2.45, 2.75) is 6.23 Å². The molecule has 5 nitrogen and oxygen atoms in total. The van der Waals surface area contributed by atoms with E-state index in [1.54, 1.807) is 17.0 Å². The summed E-state index contributed by atoms with van der Waals surface area (Å²) < 4.78 is 11.0. The maximum Gasteiger partial charge on any atom is 0.346 e. The minimum Gasteiger partial charge on any atom is -0.449 e. The number of nitrogens with zero attached hydrogens (tertiary/aromatic N) is 1. The zero-order valence-electron chi connectivity index (χ0n) is 11.5. The number of fused-ring (bicyclic) bond motifs is 3. The van der Waals surface area contributed by atoms with Gasteiger partial charge in [0.05, 0.1) is 17.3 Å². The van der Waals surface area contributed by atoms with E-state index in [9.17, 15) is 4.79 Å². The number of anilines is 1. The number of benzene rings is 2. The van der Waals surface area contributed by atoms with Gasteiger partial charge in [-0.1, -0.05) is 42.5 Å². The van der Waals surface area contributed by atoms with Crippen LogP contribution in [0.2, 0.25) is 0 Å². The number of para-hydroxylation sites is 1. The summed E-state index contributed by atoms with van der Waals surface area (Å²) in [6.07, 6.45) is 0.871. The molecular weight excluding hydrogens is 280 g/mol. The first-order valence-corrected chi connectivity index (χ1v) is 6.86. The maximum absolute atomic E-state index is 12.1. The summed E-state index contributed by atoms with van der Waals surface area (Å²) in [7, 11) is 0. The molecule has 0 fully saturated rings. The number of rotatable bonds is 1. The van der Waals surface area contributed by atoms with Crippen LogP contribution < -0.4 is 4.90 Å². The average Bonchev–Trinajstić information content (AvgIpc) is 2.55. The summed E-state index contributed by atoms with van der Waals surface area (Å²) in [6, 6.07) is 16.8. The molecule has 0 bridgehead atoms. The second-order valence-corrected chi connectivity index (χ2v) is 5.00. The second kappa shape index (κ2) is 4.73. The Morgan fingerprint density at radius 1 is 1.00 bits per heavy atom. The molecule has 0 saturated carbocycles. The van der Waals surface area contributed by atoms with Gasteiger partial charge < -0.3 is 9.47 Å². The fourth-order valence-corrected chi connectivity index (χ4v) is 2.67. The Hall–Kier alpha value is -3.08. The molecule has 0 spiro atoms. The van der Waals surface area contributed by atoms with Crippen LogP contribution in [0.15, 0.2) is 66.6 Å². The standard InChI is InChI=1S/C17H12N2O3/c18-14-10-15-19(16(21-14)11-6-2-1-3-7-11)13-9-5-4-8-12(13)17(20)22-15/h1-10,16,18H. The number of nitrogens with one attached hydrogen (secondary N) is 1. The number of hydrogen-bond donors (Lipinski definition) is 1. The van der Waals surface area contributed by atoms with Gasteiger partial charge in [-0.3, -0.25) is 10.3 Å². The lowest BCUT2D eigenvalue weighted by Crippen LogP contribution is -2.40. The van der Waals surface area contributed by atoms with Crippen LogP contribution in [0.4, 0.5) is 5.69 Å². The molecule has 0 amide bonds. The van der Waals surface area contributed by atoms with Gasteiger partial charge in [0.2, 0.25) is 18.0 Å². The Morgan fingerprint density at radius 3 is 2.55 bits per heavy atom. The number of carbonyl (C=O) groups is 1. The topological polar surface area (TPSA) is 62.6 Å². The first-order chi connectivity index (χ1) is 10.7. The zero-order valence-corrected chi connectivity index (χ0v) is 11.5. The molecule has 2 aliphatic rings. The van der Waals surface area contributed by atoms with Gasteiger partial charge in [0.1, 0.15) is 0 Å². The monoisotopic (exact) mass is 292 g/mol. The zero-order chi connectivity index (χ0) is 15.1. The molecular formula is C17H12N2O3. The molecule has 2 aromatic carbocycles. The van der Waals surface area contributed by atoms with E-state index < -0.39 is 12.2 Å². The summed E-state index contributed by atoms with van der Waals surface area (Å²) >= 11 is 0. The molecule has 22 heavy (non-hydrogen) atoms. The second-order valence-electron chi connectivity index (χ2n) is 5.00. The van der Waals surface area contributed by atoms with Crippen molar-refractivity contribution in [2.24, 2.45) is 0 Å². The summed E-state index contributed by atoms with van der Waals surface area (Å²) in [5.41, 5.74) is 2.08. The van der Waals surface area contributed by atoms with E-state index in [0.717, 1.165) is 5.56 Å². The third-order valence-corrected chi connectivity index (χ3v) is 3.63. The molecule has 0 saturated heterocycles. The van der Waals surface area contributed by atoms with Gasteiger partial charge in [0.25, 0.3) is 0 Å². The highest BCUT2D eigenvalue weighted by Gasteiger charge is 2.38. The maximum atomic E-state index is 12.1. The van der Waals surface area contributed by atoms with Crippen molar-refractivity contribution in [3.63, 3.8) is 0 Å². The van der Waals surface area contributed by atoms with Crippen molar-refractivity contribution in [1.29, 1.82) is 5.41 Å². The molecule has 0 aliphatic carbocycles. The van der Waals surface area contributed by atoms with Crippen molar-refractivity contribution in [3.05, 3.63) is 77.7 Å². The summed E-state index contributed by atoms with van der Waals surface area (Å²) in [5, 5.41) is 7.82. The fraction of sp³-hybridized carbons (Fsp3) is 0.0588. The summed E-state index contributed by atoms with van der Waals surface area (Å²) in [5.74, 6) is -0.138. The lowest BCUT2D eigenvalue weighted by molar-refractivity contribution is 0.0545. The molecule has 5 heteroatoms. The van der Waals surface area contributed by atoms with Gasteiger partial charge >= 0.3 is 5.97 Å². The predicted octanol–water partition coefficient (Wildman–Crippen LogP) is 3.21. The van der Waals surface area contributed by atoms with E-state index in [1.807, 2.05) is 42.5 Å². The number of esters is 1. The van der Waals surface area contributed by atoms with Crippen molar-refractivity contribution in [3.8, 4) is 0 Å². The summed E-state index contributed by atoms with van der Waals surface area (Å²) in [4.78, 5) is 13.9. The molecule has 2 heterocycles. The normalized spacial score (nSPS) is 19.5. The number of carbonyl (C=O) groups excluding carboxylic acids is 1. The van der Waals surface area contributed by atoms with Crippen molar-refractivity contribution >= 4 is 17.6 Å². The van der Waals surface area contributed by atoms with E-state index in [4.69, 9.17) is 14.9 Å². The Balaban J connectivity index is 1.90. The minimum atomic E-state index is -0.539. The Morgan fingerprint density at radius 2 is 1.73 bits per heavy atom. The largest absolute Gasteiger partial charge is 0.449 e. The number of hydrogen-bond acceptors (Lipinski definition) is 5. The van der Waals surface area contributed by atoms with Gasteiger partial charge in [-0.05, 0) is 12.1 Å². The molecule has 1 unspecified atom stereocenters. The molecule has 2 aliphatic heterocycles. The minimum absolute atomic E-state index is 0.0349. The van der Waals surface area contributed by atoms with Crippen LogP contribution in [0.1, 0.15) is 22.1 Å². The predicted molar refractivity (Wildman–Crippen MR) is 80.4 cm³/mol. The molecule has 1 atom stereocenters. The summed E-state index contributed by atoms with van der Waals surface area (Å²) in [6.45, 7) is 0. The Kier molecular flexibility index (Phi) is 2.72. The highest BCUT2D eigenvalue weighted by atomic mass is 16.6. The highest BCUT2D eigenvalue weighted by molar-refractivity contribution is 6.01. The van der Waals surface area contributed by atoms with Gasteiger partial charge in [-0.25, -0.2) is 4.79 Å². The van der Waals surface area contributed by atoms with E-state index in [2.05, 4.69) is 0 Å². The van der Waals surface area contributed by atoms with Crippen LogP contribution >= 0.6 is 0 Å². The van der Waals surface area contributed by atoms with E-state index in [0.29, 0.717) is 17.1 Å². The lowest BCUT2D eigenvalue weighted by atomic mass is 10.1. The van der Waals surface area contributed by atoms with Crippen LogP contribution in [0.5, 0.6) is 0 Å². The third kappa shape index (κ3) is 1.87. The molecule has 0 radical (unpaired) electrons. The first kappa shape index (κ1) is 12.6. The molecule has 1 N–H and O–H groups in total. The van der Waals surface area contributed by atoms with E-state index in [1.165, 1.54) is 6.08 Å². The van der Waals surface area contributed by atoms with Gasteiger partial charge in [0.15, 0.2) is 0 Å². The SMILES string of the molecule is N=C1C=C2OC(=O)c3ccccc3N2C(c2ccccc2)O1. The van der Waals surface area contributed by atoms with Crippen molar-refractivity contribution in [2.75, 3.05) is 4.90 Å². The third-order valence-electron chi connectivity index (χ3n) is 3.63. The number of ether oxygens (including phenoxy) is 2. The lowest BCUT2D eigenvalue weighted by Gasteiger charge is -2.40. The van der Waals surface area contributed by atoms with E-state index in [-0.39, 0.29) is 5.90 Å². The fourth-order valence-electron chi connectivity index (χ4n) is 2.67.